The predicted molar refractivity (Wildman–Crippen MR) is 94.5 cm³/mol. The molecular formula is C18H27N3O3. The Morgan fingerprint density at radius 1 is 1.12 bits per heavy atom. The van der Waals surface area contributed by atoms with Crippen molar-refractivity contribution in [3.8, 4) is 0 Å². The minimum absolute atomic E-state index is 0.162. The molecule has 0 spiro atoms. The van der Waals surface area contributed by atoms with Crippen LogP contribution >= 0.6 is 0 Å². The third kappa shape index (κ3) is 7.26. The summed E-state index contributed by atoms with van der Waals surface area (Å²) < 4.78 is 0. The lowest BCUT2D eigenvalue weighted by Gasteiger charge is -2.19. The van der Waals surface area contributed by atoms with Gasteiger partial charge in [0.2, 0.25) is 17.7 Å². The minimum Gasteiger partial charge on any atom is -0.354 e. The highest BCUT2D eigenvalue weighted by Crippen LogP contribution is 2.13. The van der Waals surface area contributed by atoms with Crippen LogP contribution in [-0.2, 0) is 14.4 Å². The van der Waals surface area contributed by atoms with Gasteiger partial charge in [0.1, 0.15) is 6.04 Å². The van der Waals surface area contributed by atoms with E-state index in [9.17, 15) is 14.4 Å². The van der Waals surface area contributed by atoms with Gasteiger partial charge < -0.3 is 16.0 Å². The summed E-state index contributed by atoms with van der Waals surface area (Å²) in [5.41, 5.74) is 1.75. The third-order valence-electron chi connectivity index (χ3n) is 3.47. The zero-order valence-corrected chi connectivity index (χ0v) is 14.8. The van der Waals surface area contributed by atoms with E-state index in [1.165, 1.54) is 6.92 Å². The van der Waals surface area contributed by atoms with Gasteiger partial charge in [-0.2, -0.15) is 0 Å². The number of hydrogen-bond donors (Lipinski definition) is 3. The zero-order chi connectivity index (χ0) is 18.1. The van der Waals surface area contributed by atoms with Gasteiger partial charge in [-0.3, -0.25) is 14.4 Å². The number of carbonyl (C=O) groups is 3. The second-order valence-electron chi connectivity index (χ2n) is 6.29. The van der Waals surface area contributed by atoms with Crippen LogP contribution in [0.25, 0.3) is 0 Å². The van der Waals surface area contributed by atoms with E-state index in [0.717, 1.165) is 11.3 Å². The number of anilines is 1. The largest absolute Gasteiger partial charge is 0.354 e. The number of hydrogen-bond acceptors (Lipinski definition) is 3. The van der Waals surface area contributed by atoms with Gasteiger partial charge in [-0.1, -0.05) is 32.0 Å². The molecule has 1 atom stereocenters. The molecule has 0 aliphatic heterocycles. The van der Waals surface area contributed by atoms with Gasteiger partial charge in [0.25, 0.3) is 0 Å². The maximum absolute atomic E-state index is 12.2. The van der Waals surface area contributed by atoms with E-state index in [0.29, 0.717) is 6.42 Å². The van der Waals surface area contributed by atoms with Crippen LogP contribution in [0.5, 0.6) is 0 Å². The fourth-order valence-corrected chi connectivity index (χ4v) is 2.30. The molecule has 0 aliphatic rings. The van der Waals surface area contributed by atoms with Crippen molar-refractivity contribution in [2.45, 2.75) is 46.6 Å². The second kappa shape index (κ2) is 9.70. The summed E-state index contributed by atoms with van der Waals surface area (Å²) in [7, 11) is 0. The van der Waals surface area contributed by atoms with Crippen LogP contribution in [0.1, 0.15) is 39.2 Å². The number of benzene rings is 1. The molecule has 6 nitrogen and oxygen atoms in total. The Hall–Kier alpha value is -2.37. The van der Waals surface area contributed by atoms with Gasteiger partial charge in [-0.05, 0) is 30.9 Å². The normalized spacial score (nSPS) is 11.7. The van der Waals surface area contributed by atoms with E-state index < -0.39 is 6.04 Å². The van der Waals surface area contributed by atoms with Crippen molar-refractivity contribution in [1.82, 2.24) is 10.6 Å². The maximum atomic E-state index is 12.2. The Balaban J connectivity index is 2.43. The molecule has 6 heteroatoms. The molecule has 1 aromatic rings. The first-order valence-corrected chi connectivity index (χ1v) is 8.20. The average Bonchev–Trinajstić information content (AvgIpc) is 2.48. The molecule has 0 heterocycles. The standard InChI is InChI=1S/C18H27N3O3/c1-12(2)11-16(20-14(4)22)18(24)19-10-9-17(23)21-15-8-6-5-7-13(15)3/h5-8,12,16H,9-11H2,1-4H3,(H,19,24)(H,20,22)(H,21,23)/t16-/m0/s1. The number of rotatable bonds is 8. The van der Waals surface area contributed by atoms with Crippen LogP contribution in [0, 0.1) is 12.8 Å². The monoisotopic (exact) mass is 333 g/mol. The first-order chi connectivity index (χ1) is 11.3. The summed E-state index contributed by atoms with van der Waals surface area (Å²) in [4.78, 5) is 35.3. The summed E-state index contributed by atoms with van der Waals surface area (Å²) in [6.45, 7) is 7.50. The number of nitrogens with one attached hydrogen (secondary N) is 3. The van der Waals surface area contributed by atoms with Gasteiger partial charge in [0, 0.05) is 25.6 Å². The highest BCUT2D eigenvalue weighted by molar-refractivity contribution is 5.92. The van der Waals surface area contributed by atoms with E-state index in [2.05, 4.69) is 16.0 Å². The quantitative estimate of drug-likeness (QED) is 0.680. The topological polar surface area (TPSA) is 87.3 Å². The third-order valence-corrected chi connectivity index (χ3v) is 3.47. The highest BCUT2D eigenvalue weighted by Gasteiger charge is 2.20. The summed E-state index contributed by atoms with van der Waals surface area (Å²) >= 11 is 0. The Bertz CT molecular complexity index is 585. The van der Waals surface area contributed by atoms with E-state index in [-0.39, 0.29) is 36.6 Å². The summed E-state index contributed by atoms with van der Waals surface area (Å²) in [6.07, 6.45) is 0.732. The molecule has 0 bridgehead atoms. The van der Waals surface area contributed by atoms with Crippen molar-refractivity contribution in [3.05, 3.63) is 29.8 Å². The van der Waals surface area contributed by atoms with E-state index in [1.54, 1.807) is 0 Å². The molecule has 1 aromatic carbocycles. The minimum atomic E-state index is -0.568. The first kappa shape index (κ1) is 19.7. The molecule has 3 amide bonds. The molecule has 0 aliphatic carbocycles. The van der Waals surface area contributed by atoms with Gasteiger partial charge in [-0.15, -0.1) is 0 Å². The highest BCUT2D eigenvalue weighted by atomic mass is 16.2. The average molecular weight is 333 g/mol. The lowest BCUT2D eigenvalue weighted by molar-refractivity contribution is -0.128. The van der Waals surface area contributed by atoms with Crippen molar-refractivity contribution in [3.63, 3.8) is 0 Å². The van der Waals surface area contributed by atoms with Crippen molar-refractivity contribution in [1.29, 1.82) is 0 Å². The molecule has 132 valence electrons. The number of aryl methyl sites for hydroxylation is 1. The van der Waals surface area contributed by atoms with E-state index in [4.69, 9.17) is 0 Å². The van der Waals surface area contributed by atoms with Crippen LogP contribution in [0.15, 0.2) is 24.3 Å². The Labute approximate surface area is 143 Å². The second-order valence-corrected chi connectivity index (χ2v) is 6.29. The lowest BCUT2D eigenvalue weighted by Crippen LogP contribution is -2.47. The molecule has 0 fully saturated rings. The van der Waals surface area contributed by atoms with Crippen LogP contribution in [-0.4, -0.2) is 30.3 Å². The fourth-order valence-electron chi connectivity index (χ4n) is 2.30. The van der Waals surface area contributed by atoms with Crippen LogP contribution < -0.4 is 16.0 Å². The zero-order valence-electron chi connectivity index (χ0n) is 14.8. The predicted octanol–water partition coefficient (Wildman–Crippen LogP) is 1.99. The molecule has 0 unspecified atom stereocenters. The smallest absolute Gasteiger partial charge is 0.242 e. The summed E-state index contributed by atoms with van der Waals surface area (Å²) in [5, 5.41) is 8.17. The first-order valence-electron chi connectivity index (χ1n) is 8.20. The molecule has 0 radical (unpaired) electrons. The van der Waals surface area contributed by atoms with Crippen LogP contribution in [0.4, 0.5) is 5.69 Å². The van der Waals surface area contributed by atoms with Crippen molar-refractivity contribution < 1.29 is 14.4 Å². The van der Waals surface area contributed by atoms with E-state index in [1.807, 2.05) is 45.0 Å². The van der Waals surface area contributed by atoms with Crippen molar-refractivity contribution >= 4 is 23.4 Å². The number of carbonyl (C=O) groups excluding carboxylic acids is 3. The van der Waals surface area contributed by atoms with Crippen molar-refractivity contribution in [2.24, 2.45) is 5.92 Å². The van der Waals surface area contributed by atoms with Gasteiger partial charge in [0.05, 0.1) is 0 Å². The van der Waals surface area contributed by atoms with Crippen LogP contribution in [0.3, 0.4) is 0 Å². The number of amides is 3. The van der Waals surface area contributed by atoms with Gasteiger partial charge in [-0.25, -0.2) is 0 Å². The Kier molecular flexibility index (Phi) is 7.95. The number of para-hydroxylation sites is 1. The summed E-state index contributed by atoms with van der Waals surface area (Å²) in [6, 6.07) is 6.95. The summed E-state index contributed by atoms with van der Waals surface area (Å²) in [5.74, 6) is -0.392. The van der Waals surface area contributed by atoms with Crippen molar-refractivity contribution in [2.75, 3.05) is 11.9 Å². The molecule has 3 N–H and O–H groups in total. The van der Waals surface area contributed by atoms with Gasteiger partial charge in [0.15, 0.2) is 0 Å². The lowest BCUT2D eigenvalue weighted by atomic mass is 10.0. The Morgan fingerprint density at radius 2 is 1.79 bits per heavy atom. The SMILES string of the molecule is CC(=O)N[C@@H](CC(C)C)C(=O)NCCC(=O)Nc1ccccc1C. The molecule has 0 aromatic heterocycles. The maximum Gasteiger partial charge on any atom is 0.242 e. The molecular weight excluding hydrogens is 306 g/mol. The van der Waals surface area contributed by atoms with E-state index >= 15 is 0 Å². The Morgan fingerprint density at radius 3 is 2.38 bits per heavy atom. The van der Waals surface area contributed by atoms with Crippen LogP contribution in [0.2, 0.25) is 0 Å². The molecule has 1 rings (SSSR count). The fraction of sp³-hybridized carbons (Fsp3) is 0.500. The van der Waals surface area contributed by atoms with Gasteiger partial charge >= 0.3 is 0 Å². The molecule has 24 heavy (non-hydrogen) atoms. The molecule has 0 saturated heterocycles. The molecule has 0 saturated carbocycles.